The van der Waals surface area contributed by atoms with Crippen molar-refractivity contribution in [2.45, 2.75) is 0 Å². The van der Waals surface area contributed by atoms with Crippen LogP contribution in [0.5, 0.6) is 5.75 Å². The van der Waals surface area contributed by atoms with E-state index < -0.39 is 0 Å². The van der Waals surface area contributed by atoms with Gasteiger partial charge in [0, 0.05) is 12.8 Å². The van der Waals surface area contributed by atoms with Crippen molar-refractivity contribution in [2.24, 2.45) is 0 Å². The van der Waals surface area contributed by atoms with Crippen LogP contribution in [-0.2, 0) is 4.74 Å². The summed E-state index contributed by atoms with van der Waals surface area (Å²) in [5, 5.41) is 8.78. The summed E-state index contributed by atoms with van der Waals surface area (Å²) < 4.78 is 10.1. The van der Waals surface area contributed by atoms with Crippen LogP contribution in [0, 0.1) is 11.3 Å². The van der Waals surface area contributed by atoms with Crippen LogP contribution in [0.2, 0.25) is 0 Å². The Labute approximate surface area is 82.9 Å². The standard InChI is InChI=1S/C10H12N2O2/c1-13-4-5-14-10-3-2-9(12)6-8(10)7-11/h2-3,6H,4-5,12H2,1H3. The maximum atomic E-state index is 8.78. The van der Waals surface area contributed by atoms with E-state index in [0.717, 1.165) is 0 Å². The van der Waals surface area contributed by atoms with Crippen LogP contribution >= 0.6 is 0 Å². The van der Waals surface area contributed by atoms with E-state index in [4.69, 9.17) is 20.5 Å². The van der Waals surface area contributed by atoms with E-state index in [2.05, 4.69) is 0 Å². The molecule has 0 aliphatic carbocycles. The van der Waals surface area contributed by atoms with Crippen LogP contribution in [0.25, 0.3) is 0 Å². The molecule has 4 nitrogen and oxygen atoms in total. The van der Waals surface area contributed by atoms with E-state index in [1.807, 2.05) is 6.07 Å². The lowest BCUT2D eigenvalue weighted by Gasteiger charge is -2.07. The zero-order valence-electron chi connectivity index (χ0n) is 7.99. The Kier molecular flexibility index (Phi) is 3.77. The third-order valence-corrected chi connectivity index (χ3v) is 1.67. The molecule has 1 aromatic rings. The first-order chi connectivity index (χ1) is 6.77. The number of hydrogen-bond donors (Lipinski definition) is 1. The van der Waals surface area contributed by atoms with Crippen molar-refractivity contribution >= 4 is 5.69 Å². The minimum absolute atomic E-state index is 0.426. The molecule has 0 unspecified atom stereocenters. The van der Waals surface area contributed by atoms with Crippen LogP contribution in [0.3, 0.4) is 0 Å². The van der Waals surface area contributed by atoms with Crippen molar-refractivity contribution in [1.82, 2.24) is 0 Å². The zero-order valence-corrected chi connectivity index (χ0v) is 7.99. The molecular weight excluding hydrogens is 180 g/mol. The maximum absolute atomic E-state index is 8.78. The second kappa shape index (κ2) is 5.10. The van der Waals surface area contributed by atoms with Gasteiger partial charge in [-0.3, -0.25) is 0 Å². The number of methoxy groups -OCH3 is 1. The number of nitrogen functional groups attached to an aromatic ring is 1. The van der Waals surface area contributed by atoms with Gasteiger partial charge in [-0.1, -0.05) is 0 Å². The Morgan fingerprint density at radius 3 is 2.86 bits per heavy atom. The largest absolute Gasteiger partial charge is 0.490 e. The fourth-order valence-electron chi connectivity index (χ4n) is 0.996. The van der Waals surface area contributed by atoms with Crippen molar-refractivity contribution in [1.29, 1.82) is 5.26 Å². The average molecular weight is 192 g/mol. The molecule has 0 saturated heterocycles. The highest BCUT2D eigenvalue weighted by molar-refractivity contribution is 5.53. The molecule has 2 N–H and O–H groups in total. The van der Waals surface area contributed by atoms with Gasteiger partial charge in [-0.15, -0.1) is 0 Å². The van der Waals surface area contributed by atoms with Crippen LogP contribution in [0.15, 0.2) is 18.2 Å². The number of rotatable bonds is 4. The Morgan fingerprint density at radius 1 is 1.43 bits per heavy atom. The molecule has 0 aromatic heterocycles. The maximum Gasteiger partial charge on any atom is 0.137 e. The number of nitrogens with two attached hydrogens (primary N) is 1. The van der Waals surface area contributed by atoms with Gasteiger partial charge in [-0.2, -0.15) is 5.26 Å². The van der Waals surface area contributed by atoms with Crippen molar-refractivity contribution in [3.63, 3.8) is 0 Å². The monoisotopic (exact) mass is 192 g/mol. The van der Waals surface area contributed by atoms with Gasteiger partial charge in [0.15, 0.2) is 0 Å². The van der Waals surface area contributed by atoms with Gasteiger partial charge in [0.1, 0.15) is 18.4 Å². The summed E-state index contributed by atoms with van der Waals surface area (Å²) in [6.07, 6.45) is 0. The SMILES string of the molecule is COCCOc1ccc(N)cc1C#N. The van der Waals surface area contributed by atoms with E-state index in [1.165, 1.54) is 0 Å². The minimum atomic E-state index is 0.426. The van der Waals surface area contributed by atoms with Crippen LogP contribution in [-0.4, -0.2) is 20.3 Å². The normalized spacial score (nSPS) is 9.43. The molecule has 0 saturated carbocycles. The molecule has 0 bridgehead atoms. The number of benzene rings is 1. The predicted octanol–water partition coefficient (Wildman–Crippen LogP) is 1.17. The van der Waals surface area contributed by atoms with Gasteiger partial charge in [-0.25, -0.2) is 0 Å². The van der Waals surface area contributed by atoms with Gasteiger partial charge in [0.05, 0.1) is 12.2 Å². The van der Waals surface area contributed by atoms with E-state index >= 15 is 0 Å². The lowest BCUT2D eigenvalue weighted by Crippen LogP contribution is -2.05. The summed E-state index contributed by atoms with van der Waals surface area (Å²) in [5.41, 5.74) is 6.53. The van der Waals surface area contributed by atoms with E-state index in [1.54, 1.807) is 25.3 Å². The fourth-order valence-corrected chi connectivity index (χ4v) is 0.996. The van der Waals surface area contributed by atoms with E-state index in [-0.39, 0.29) is 0 Å². The lowest BCUT2D eigenvalue weighted by atomic mass is 10.2. The molecule has 74 valence electrons. The van der Waals surface area contributed by atoms with E-state index in [9.17, 15) is 0 Å². The Hall–Kier alpha value is -1.73. The highest BCUT2D eigenvalue weighted by Gasteiger charge is 2.02. The summed E-state index contributed by atoms with van der Waals surface area (Å²) in [5.74, 6) is 0.541. The molecular formula is C10H12N2O2. The van der Waals surface area contributed by atoms with Gasteiger partial charge in [-0.05, 0) is 18.2 Å². The Balaban J connectivity index is 2.72. The number of hydrogen-bond acceptors (Lipinski definition) is 4. The molecule has 14 heavy (non-hydrogen) atoms. The lowest BCUT2D eigenvalue weighted by molar-refractivity contribution is 0.146. The smallest absolute Gasteiger partial charge is 0.137 e. The summed E-state index contributed by atoms with van der Waals surface area (Å²) in [7, 11) is 1.59. The van der Waals surface area contributed by atoms with Gasteiger partial charge < -0.3 is 15.2 Å². The first-order valence-corrected chi connectivity index (χ1v) is 4.19. The van der Waals surface area contributed by atoms with Crippen LogP contribution in [0.4, 0.5) is 5.69 Å². The first kappa shape index (κ1) is 10.4. The van der Waals surface area contributed by atoms with Crippen molar-refractivity contribution in [3.05, 3.63) is 23.8 Å². The minimum Gasteiger partial charge on any atom is -0.490 e. The molecule has 0 heterocycles. The highest BCUT2D eigenvalue weighted by atomic mass is 16.5. The predicted molar refractivity (Wildman–Crippen MR) is 52.9 cm³/mol. The number of ether oxygens (including phenoxy) is 2. The van der Waals surface area contributed by atoms with Crippen molar-refractivity contribution < 1.29 is 9.47 Å². The molecule has 0 atom stereocenters. The molecule has 0 spiro atoms. The fraction of sp³-hybridized carbons (Fsp3) is 0.300. The summed E-state index contributed by atoms with van der Waals surface area (Å²) >= 11 is 0. The van der Waals surface area contributed by atoms with Crippen molar-refractivity contribution in [2.75, 3.05) is 26.1 Å². The van der Waals surface area contributed by atoms with Crippen molar-refractivity contribution in [3.8, 4) is 11.8 Å². The Bertz CT molecular complexity index is 344. The van der Waals surface area contributed by atoms with Gasteiger partial charge in [0.25, 0.3) is 0 Å². The third-order valence-electron chi connectivity index (χ3n) is 1.67. The molecule has 0 fully saturated rings. The molecule has 1 rings (SSSR count). The zero-order chi connectivity index (χ0) is 10.4. The number of nitriles is 1. The quantitative estimate of drug-likeness (QED) is 0.574. The van der Waals surface area contributed by atoms with Crippen LogP contribution < -0.4 is 10.5 Å². The van der Waals surface area contributed by atoms with Crippen LogP contribution in [0.1, 0.15) is 5.56 Å². The first-order valence-electron chi connectivity index (χ1n) is 4.19. The van der Waals surface area contributed by atoms with E-state index in [0.29, 0.717) is 30.2 Å². The van der Waals surface area contributed by atoms with Gasteiger partial charge >= 0.3 is 0 Å². The molecule has 0 aliphatic rings. The second-order valence-corrected chi connectivity index (χ2v) is 2.71. The van der Waals surface area contributed by atoms with Gasteiger partial charge in [0.2, 0.25) is 0 Å². The highest BCUT2D eigenvalue weighted by Crippen LogP contribution is 2.20. The summed E-state index contributed by atoms with van der Waals surface area (Å²) in [4.78, 5) is 0. The molecule has 0 amide bonds. The summed E-state index contributed by atoms with van der Waals surface area (Å²) in [6.45, 7) is 0.921. The number of nitrogens with zero attached hydrogens (tertiary/aromatic N) is 1. The summed E-state index contributed by atoms with van der Waals surface area (Å²) in [6, 6.07) is 6.98. The average Bonchev–Trinajstić information content (AvgIpc) is 2.20. The molecule has 1 aromatic carbocycles. The second-order valence-electron chi connectivity index (χ2n) is 2.71. The molecule has 0 aliphatic heterocycles. The molecule has 0 radical (unpaired) electrons. The number of anilines is 1. The Morgan fingerprint density at radius 2 is 2.21 bits per heavy atom. The molecule has 4 heteroatoms. The third kappa shape index (κ3) is 2.64. The topological polar surface area (TPSA) is 68.3 Å².